The highest BCUT2D eigenvalue weighted by atomic mass is 35.5. The highest BCUT2D eigenvalue weighted by molar-refractivity contribution is 6.36. The van der Waals surface area contributed by atoms with Crippen molar-refractivity contribution in [2.45, 2.75) is 39.2 Å². The van der Waals surface area contributed by atoms with Gasteiger partial charge in [0.05, 0.1) is 10.5 Å². The number of benzene rings is 1. The number of nitrogens with zero attached hydrogens (tertiary/aromatic N) is 1. The molecule has 0 saturated heterocycles. The molecule has 0 aliphatic carbocycles. The summed E-state index contributed by atoms with van der Waals surface area (Å²) in [5.74, 6) is 0. The average molecular weight is 287 g/mol. The molecule has 0 amide bonds. The standard InChI is InChI=1S/C14H19ClN2.ClH/c1-2-3-4-5-9-17-10-11(15)14-12(16)7-6-8-13(14)17;/h6-8,10H,2-5,9,16H2,1H3;1H. The zero-order chi connectivity index (χ0) is 12.3. The van der Waals surface area contributed by atoms with Gasteiger partial charge < -0.3 is 10.3 Å². The van der Waals surface area contributed by atoms with Crippen LogP contribution in [0.1, 0.15) is 32.6 Å². The summed E-state index contributed by atoms with van der Waals surface area (Å²) < 4.78 is 2.21. The van der Waals surface area contributed by atoms with Crippen molar-refractivity contribution in [3.8, 4) is 0 Å². The van der Waals surface area contributed by atoms with E-state index in [-0.39, 0.29) is 12.4 Å². The smallest absolute Gasteiger partial charge is 0.0682 e. The fraction of sp³-hybridized carbons (Fsp3) is 0.429. The molecule has 18 heavy (non-hydrogen) atoms. The van der Waals surface area contributed by atoms with Crippen LogP contribution in [-0.2, 0) is 6.54 Å². The van der Waals surface area contributed by atoms with Gasteiger partial charge in [-0.05, 0) is 18.6 Å². The first-order valence-electron chi connectivity index (χ1n) is 6.27. The van der Waals surface area contributed by atoms with Crippen LogP contribution in [0, 0.1) is 0 Å². The summed E-state index contributed by atoms with van der Waals surface area (Å²) in [6.07, 6.45) is 7.03. The predicted octanol–water partition coefficient (Wildman–Crippen LogP) is 4.88. The summed E-state index contributed by atoms with van der Waals surface area (Å²) in [7, 11) is 0. The van der Waals surface area contributed by atoms with Gasteiger partial charge in [-0.3, -0.25) is 0 Å². The lowest BCUT2D eigenvalue weighted by atomic mass is 10.2. The molecule has 1 heterocycles. The summed E-state index contributed by atoms with van der Waals surface area (Å²) in [5.41, 5.74) is 7.86. The van der Waals surface area contributed by atoms with Crippen LogP contribution in [0.4, 0.5) is 5.69 Å². The van der Waals surface area contributed by atoms with Gasteiger partial charge in [-0.25, -0.2) is 0 Å². The van der Waals surface area contributed by atoms with E-state index < -0.39 is 0 Å². The molecule has 2 N–H and O–H groups in total. The van der Waals surface area contributed by atoms with E-state index in [2.05, 4.69) is 17.6 Å². The molecule has 0 aliphatic rings. The maximum atomic E-state index is 6.22. The Kier molecular flexibility index (Phi) is 5.83. The number of hydrogen-bond donors (Lipinski definition) is 1. The van der Waals surface area contributed by atoms with E-state index in [1.54, 1.807) is 0 Å². The summed E-state index contributed by atoms with van der Waals surface area (Å²) in [6.45, 7) is 3.25. The fourth-order valence-electron chi connectivity index (χ4n) is 2.22. The van der Waals surface area contributed by atoms with Crippen molar-refractivity contribution in [1.29, 1.82) is 0 Å². The zero-order valence-electron chi connectivity index (χ0n) is 10.7. The molecule has 0 radical (unpaired) electrons. The Morgan fingerprint density at radius 3 is 2.72 bits per heavy atom. The maximum absolute atomic E-state index is 6.22. The average Bonchev–Trinajstić information content (AvgIpc) is 2.63. The van der Waals surface area contributed by atoms with Crippen molar-refractivity contribution in [3.05, 3.63) is 29.4 Å². The number of nitrogen functional groups attached to an aromatic ring is 1. The Morgan fingerprint density at radius 1 is 1.22 bits per heavy atom. The number of aromatic nitrogens is 1. The van der Waals surface area contributed by atoms with E-state index >= 15 is 0 Å². The second-order valence-corrected chi connectivity index (χ2v) is 4.88. The summed E-state index contributed by atoms with van der Waals surface area (Å²) in [4.78, 5) is 0. The molecule has 2 nitrogen and oxygen atoms in total. The van der Waals surface area contributed by atoms with Gasteiger partial charge in [-0.2, -0.15) is 0 Å². The molecule has 0 atom stereocenters. The number of anilines is 1. The van der Waals surface area contributed by atoms with Crippen LogP contribution < -0.4 is 5.73 Å². The largest absolute Gasteiger partial charge is 0.398 e. The van der Waals surface area contributed by atoms with Gasteiger partial charge in [0, 0.05) is 23.8 Å². The zero-order valence-corrected chi connectivity index (χ0v) is 12.2. The Morgan fingerprint density at radius 2 is 2.00 bits per heavy atom. The highest BCUT2D eigenvalue weighted by Crippen LogP contribution is 2.30. The topological polar surface area (TPSA) is 30.9 Å². The maximum Gasteiger partial charge on any atom is 0.0682 e. The SMILES string of the molecule is CCCCCCn1cc(Cl)c2c(N)cccc21.Cl. The molecule has 4 heteroatoms. The van der Waals surface area contributed by atoms with Crippen molar-refractivity contribution in [2.75, 3.05) is 5.73 Å². The number of nitrogens with two attached hydrogens (primary N) is 1. The van der Waals surface area contributed by atoms with Crippen molar-refractivity contribution in [2.24, 2.45) is 0 Å². The van der Waals surface area contributed by atoms with E-state index in [0.717, 1.165) is 28.2 Å². The van der Waals surface area contributed by atoms with Crippen molar-refractivity contribution in [3.63, 3.8) is 0 Å². The highest BCUT2D eigenvalue weighted by Gasteiger charge is 2.08. The van der Waals surface area contributed by atoms with Crippen LogP contribution in [0.3, 0.4) is 0 Å². The quantitative estimate of drug-likeness (QED) is 0.616. The normalized spacial score (nSPS) is 10.6. The van der Waals surface area contributed by atoms with Crippen molar-refractivity contribution < 1.29 is 0 Å². The van der Waals surface area contributed by atoms with E-state index in [1.807, 2.05) is 18.3 Å². The summed E-state index contributed by atoms with van der Waals surface area (Å²) in [6, 6.07) is 5.96. The molecular formula is C14H20Cl2N2. The molecule has 0 unspecified atom stereocenters. The number of unbranched alkanes of at least 4 members (excludes halogenated alkanes) is 3. The van der Waals surface area contributed by atoms with Gasteiger partial charge in [0.1, 0.15) is 0 Å². The van der Waals surface area contributed by atoms with E-state index in [1.165, 1.54) is 25.7 Å². The third kappa shape index (κ3) is 3.12. The predicted molar refractivity (Wildman–Crippen MR) is 82.8 cm³/mol. The molecule has 1 aromatic carbocycles. The van der Waals surface area contributed by atoms with Crippen LogP contribution in [-0.4, -0.2) is 4.57 Å². The first kappa shape index (κ1) is 15.2. The lowest BCUT2D eigenvalue weighted by Gasteiger charge is -2.05. The number of rotatable bonds is 5. The monoisotopic (exact) mass is 286 g/mol. The van der Waals surface area contributed by atoms with E-state index in [0.29, 0.717) is 0 Å². The van der Waals surface area contributed by atoms with Crippen molar-refractivity contribution >= 4 is 40.6 Å². The molecule has 1 aromatic heterocycles. The summed E-state index contributed by atoms with van der Waals surface area (Å²) >= 11 is 6.22. The lowest BCUT2D eigenvalue weighted by Crippen LogP contribution is -1.96. The van der Waals surface area contributed by atoms with Gasteiger partial charge in [-0.1, -0.05) is 43.9 Å². The fourth-order valence-corrected chi connectivity index (χ4v) is 2.55. The summed E-state index contributed by atoms with van der Waals surface area (Å²) in [5, 5.41) is 1.75. The molecule has 0 saturated carbocycles. The van der Waals surface area contributed by atoms with E-state index in [9.17, 15) is 0 Å². The van der Waals surface area contributed by atoms with Crippen molar-refractivity contribution in [1.82, 2.24) is 4.57 Å². The van der Waals surface area contributed by atoms with Crippen LogP contribution in [0.5, 0.6) is 0 Å². The molecule has 0 aliphatic heterocycles. The minimum Gasteiger partial charge on any atom is -0.398 e. The van der Waals surface area contributed by atoms with Crippen LogP contribution in [0.15, 0.2) is 24.4 Å². The first-order chi connectivity index (χ1) is 8.24. The Labute approximate surface area is 120 Å². The van der Waals surface area contributed by atoms with Gasteiger partial charge in [0.25, 0.3) is 0 Å². The molecule has 2 rings (SSSR count). The Bertz CT molecular complexity index is 506. The number of halogens is 2. The number of hydrogen-bond acceptors (Lipinski definition) is 1. The molecule has 0 spiro atoms. The molecule has 0 bridgehead atoms. The minimum atomic E-state index is 0. The van der Waals surface area contributed by atoms with Gasteiger partial charge in [0.15, 0.2) is 0 Å². The van der Waals surface area contributed by atoms with Gasteiger partial charge in [-0.15, -0.1) is 12.4 Å². The molecule has 0 fully saturated rings. The Balaban J connectivity index is 0.00000162. The number of aryl methyl sites for hydroxylation is 1. The lowest BCUT2D eigenvalue weighted by molar-refractivity contribution is 0.594. The second-order valence-electron chi connectivity index (χ2n) is 4.47. The van der Waals surface area contributed by atoms with Crippen LogP contribution in [0.25, 0.3) is 10.9 Å². The van der Waals surface area contributed by atoms with Crippen LogP contribution in [0.2, 0.25) is 5.02 Å². The minimum absolute atomic E-state index is 0. The second kappa shape index (κ2) is 6.91. The molecular weight excluding hydrogens is 267 g/mol. The Hall–Kier alpha value is -0.860. The third-order valence-electron chi connectivity index (χ3n) is 3.14. The van der Waals surface area contributed by atoms with Gasteiger partial charge in [0.2, 0.25) is 0 Å². The number of fused-ring (bicyclic) bond motifs is 1. The molecule has 2 aromatic rings. The first-order valence-corrected chi connectivity index (χ1v) is 6.64. The molecule has 100 valence electrons. The van der Waals surface area contributed by atoms with Gasteiger partial charge >= 0.3 is 0 Å². The third-order valence-corrected chi connectivity index (χ3v) is 3.43. The van der Waals surface area contributed by atoms with Crippen LogP contribution >= 0.6 is 24.0 Å². The van der Waals surface area contributed by atoms with E-state index in [4.69, 9.17) is 17.3 Å².